The molecule has 0 aliphatic carbocycles. The van der Waals surface area contributed by atoms with Crippen molar-refractivity contribution >= 4 is 13.6 Å². The quantitative estimate of drug-likeness (QED) is 0.565. The van der Waals surface area contributed by atoms with E-state index in [1.807, 2.05) is 20.8 Å². The molecule has 0 heterocycles. The average Bonchev–Trinajstić information content (AvgIpc) is 2.11. The summed E-state index contributed by atoms with van der Waals surface area (Å²) in [4.78, 5) is 11.5. The summed E-state index contributed by atoms with van der Waals surface area (Å²) in [5, 5.41) is 2.52. The topological polar surface area (TPSA) is 90.6 Å². The van der Waals surface area contributed by atoms with E-state index >= 15 is 0 Å². The number of nitrogens with one attached hydrogen (secondary N) is 1. The van der Waals surface area contributed by atoms with Gasteiger partial charge in [0, 0.05) is 0 Å². The zero-order chi connectivity index (χ0) is 13.0. The smallest absolute Gasteiger partial charge is 0.338 e. The Morgan fingerprint density at radius 2 is 2.00 bits per heavy atom. The van der Waals surface area contributed by atoms with Gasteiger partial charge in [-0.15, -0.1) is 0 Å². The number of hydrogen-bond donors (Lipinski definition) is 2. The molecule has 0 saturated heterocycles. The van der Waals surface area contributed by atoms with Gasteiger partial charge in [0.05, 0.1) is 13.7 Å². The van der Waals surface area contributed by atoms with Gasteiger partial charge in [0.2, 0.25) is 0 Å². The maximum atomic E-state index is 11.7. The van der Waals surface area contributed by atoms with Crippen LogP contribution in [0, 0.1) is 5.41 Å². The van der Waals surface area contributed by atoms with E-state index in [1.54, 1.807) is 6.92 Å². The van der Waals surface area contributed by atoms with Gasteiger partial charge in [0.25, 0.3) is 0 Å². The second-order valence-electron chi connectivity index (χ2n) is 4.47. The average molecular weight is 252 g/mol. The molecule has 0 aromatic heterocycles. The van der Waals surface area contributed by atoms with Crippen molar-refractivity contribution in [3.05, 3.63) is 0 Å². The molecule has 0 bridgehead atoms. The van der Waals surface area contributed by atoms with Crippen LogP contribution in [-0.2, 0) is 18.6 Å². The van der Waals surface area contributed by atoms with Gasteiger partial charge in [-0.25, -0.2) is 10.6 Å². The van der Waals surface area contributed by atoms with E-state index in [1.165, 1.54) is 7.11 Å². The maximum absolute atomic E-state index is 11.7. The third-order valence-corrected chi connectivity index (χ3v) is 3.19. The van der Waals surface area contributed by atoms with E-state index in [-0.39, 0.29) is 6.61 Å². The molecule has 0 aromatic rings. The van der Waals surface area contributed by atoms with Gasteiger partial charge in [-0.1, -0.05) is 20.8 Å². The minimum absolute atomic E-state index is 0.207. The molecular weight excluding hydrogens is 231 g/mol. The molecule has 7 heteroatoms. The van der Waals surface area contributed by atoms with Crippen LogP contribution >= 0.6 is 7.67 Å². The van der Waals surface area contributed by atoms with Gasteiger partial charge in [0.1, 0.15) is 6.04 Å². The van der Waals surface area contributed by atoms with Gasteiger partial charge in [-0.05, 0) is 12.3 Å². The van der Waals surface area contributed by atoms with Crippen LogP contribution < -0.4 is 10.6 Å². The first kappa shape index (κ1) is 15.6. The molecule has 16 heavy (non-hydrogen) atoms. The second-order valence-corrected chi connectivity index (χ2v) is 6.18. The third kappa shape index (κ3) is 5.07. The molecule has 0 spiro atoms. The lowest BCUT2D eigenvalue weighted by atomic mass is 9.87. The van der Waals surface area contributed by atoms with Crippen LogP contribution in [0.5, 0.6) is 0 Å². The first-order valence-electron chi connectivity index (χ1n) is 5.03. The Hall–Kier alpha value is -0.420. The highest BCUT2D eigenvalue weighted by Crippen LogP contribution is 2.36. The van der Waals surface area contributed by atoms with Crippen LogP contribution in [0.3, 0.4) is 0 Å². The second kappa shape index (κ2) is 5.77. The highest BCUT2D eigenvalue weighted by atomic mass is 31.2. The first-order chi connectivity index (χ1) is 7.14. The standard InChI is InChI=1S/C9H21N2O4P/c1-6-15-16(10,13)11-7(8(12)14-5)9(2,3)4/h7H,6H2,1-5H3,(H3,10,11,13). The van der Waals surface area contributed by atoms with Crippen LogP contribution in [0.4, 0.5) is 0 Å². The van der Waals surface area contributed by atoms with Crippen molar-refractivity contribution < 1.29 is 18.6 Å². The van der Waals surface area contributed by atoms with Crippen LogP contribution in [0.15, 0.2) is 0 Å². The fourth-order valence-electron chi connectivity index (χ4n) is 1.13. The van der Waals surface area contributed by atoms with Crippen molar-refractivity contribution in [3.8, 4) is 0 Å². The Morgan fingerprint density at radius 3 is 2.31 bits per heavy atom. The zero-order valence-corrected chi connectivity index (χ0v) is 11.3. The number of esters is 1. The molecule has 0 amide bonds. The molecular formula is C9H21N2O4P. The summed E-state index contributed by atoms with van der Waals surface area (Å²) in [6, 6.07) is -0.778. The van der Waals surface area contributed by atoms with Crippen molar-refractivity contribution in [1.82, 2.24) is 5.09 Å². The predicted octanol–water partition coefficient (Wildman–Crippen LogP) is 1.27. The van der Waals surface area contributed by atoms with Gasteiger partial charge < -0.3 is 9.26 Å². The molecule has 2 unspecified atom stereocenters. The van der Waals surface area contributed by atoms with E-state index in [9.17, 15) is 9.36 Å². The molecule has 0 fully saturated rings. The molecule has 6 nitrogen and oxygen atoms in total. The van der Waals surface area contributed by atoms with Gasteiger partial charge in [0.15, 0.2) is 0 Å². The third-order valence-electron chi connectivity index (χ3n) is 1.93. The Balaban J connectivity index is 4.82. The Morgan fingerprint density at radius 1 is 1.50 bits per heavy atom. The van der Waals surface area contributed by atoms with E-state index in [0.717, 1.165) is 0 Å². The van der Waals surface area contributed by atoms with E-state index in [4.69, 9.17) is 10.0 Å². The van der Waals surface area contributed by atoms with Crippen molar-refractivity contribution in [1.29, 1.82) is 0 Å². The molecule has 0 saturated carbocycles. The highest BCUT2D eigenvalue weighted by Gasteiger charge is 2.36. The molecule has 0 radical (unpaired) electrons. The minimum Gasteiger partial charge on any atom is -0.468 e. The van der Waals surface area contributed by atoms with Crippen molar-refractivity contribution in [2.45, 2.75) is 33.7 Å². The Kier molecular flexibility index (Phi) is 5.62. The molecule has 0 aromatic carbocycles. The summed E-state index contributed by atoms with van der Waals surface area (Å²) in [5.74, 6) is -0.516. The van der Waals surface area contributed by atoms with E-state index in [0.29, 0.717) is 0 Å². The Labute approximate surface area is 96.4 Å². The van der Waals surface area contributed by atoms with Gasteiger partial charge in [-0.2, -0.15) is 0 Å². The van der Waals surface area contributed by atoms with Crippen molar-refractivity contribution in [2.24, 2.45) is 10.9 Å². The van der Waals surface area contributed by atoms with E-state index < -0.39 is 25.1 Å². The van der Waals surface area contributed by atoms with Crippen molar-refractivity contribution in [3.63, 3.8) is 0 Å². The first-order valence-corrected chi connectivity index (χ1v) is 6.72. The number of ether oxygens (including phenoxy) is 1. The summed E-state index contributed by atoms with van der Waals surface area (Å²) in [7, 11) is -2.19. The van der Waals surface area contributed by atoms with E-state index in [2.05, 4.69) is 9.82 Å². The lowest BCUT2D eigenvalue weighted by Gasteiger charge is -2.30. The fourth-order valence-corrected chi connectivity index (χ4v) is 2.44. The van der Waals surface area contributed by atoms with Crippen LogP contribution in [0.25, 0.3) is 0 Å². The normalized spacial score (nSPS) is 17.6. The minimum atomic E-state index is -3.46. The summed E-state index contributed by atoms with van der Waals surface area (Å²) >= 11 is 0. The summed E-state index contributed by atoms with van der Waals surface area (Å²) in [6.07, 6.45) is 0. The predicted molar refractivity (Wildman–Crippen MR) is 61.8 cm³/mol. The summed E-state index contributed by atoms with van der Waals surface area (Å²) in [5.41, 5.74) is 4.96. The highest BCUT2D eigenvalue weighted by molar-refractivity contribution is 7.54. The molecule has 2 atom stereocenters. The molecule has 3 N–H and O–H groups in total. The fraction of sp³-hybridized carbons (Fsp3) is 0.889. The monoisotopic (exact) mass is 252 g/mol. The van der Waals surface area contributed by atoms with Crippen LogP contribution in [0.1, 0.15) is 27.7 Å². The molecule has 96 valence electrons. The number of nitrogens with two attached hydrogens (primary N) is 1. The number of carbonyl (C=O) groups excluding carboxylic acids is 1. The summed E-state index contributed by atoms with van der Waals surface area (Å²) in [6.45, 7) is 7.32. The SMILES string of the molecule is CCOP(N)(=O)NC(C(=O)OC)C(C)(C)C. The maximum Gasteiger partial charge on any atom is 0.338 e. The zero-order valence-electron chi connectivity index (χ0n) is 10.4. The number of rotatable bonds is 5. The van der Waals surface area contributed by atoms with Crippen LogP contribution in [-0.4, -0.2) is 25.7 Å². The number of carbonyl (C=O) groups is 1. The lowest BCUT2D eigenvalue weighted by Crippen LogP contribution is -2.46. The Bertz CT molecular complexity index is 288. The van der Waals surface area contributed by atoms with Gasteiger partial charge >= 0.3 is 13.6 Å². The number of methoxy groups -OCH3 is 1. The van der Waals surface area contributed by atoms with Crippen molar-refractivity contribution in [2.75, 3.05) is 13.7 Å². The lowest BCUT2D eigenvalue weighted by molar-refractivity contribution is -0.145. The number of hydrogen-bond acceptors (Lipinski definition) is 4. The molecule has 0 rings (SSSR count). The summed E-state index contributed by atoms with van der Waals surface area (Å²) < 4.78 is 21.2. The van der Waals surface area contributed by atoms with Crippen LogP contribution in [0.2, 0.25) is 0 Å². The molecule has 0 aliphatic rings. The molecule has 0 aliphatic heterocycles. The van der Waals surface area contributed by atoms with Gasteiger partial charge in [-0.3, -0.25) is 9.36 Å². The largest absolute Gasteiger partial charge is 0.468 e.